The number of thiocarbonyl (C=S) groups is 1. The summed E-state index contributed by atoms with van der Waals surface area (Å²) in [5.74, 6) is -1.50. The number of nitrogens with one attached hydrogen (secondary N) is 4. The minimum absolute atomic E-state index is 0.00641. The number of amides is 2. The fraction of sp³-hybridized carbons (Fsp3) is 0.118. The van der Waals surface area contributed by atoms with E-state index in [1.54, 1.807) is 36.4 Å². The van der Waals surface area contributed by atoms with Gasteiger partial charge in [0, 0.05) is 0 Å². The molecule has 0 aromatic heterocycles. The van der Waals surface area contributed by atoms with Crippen LogP contribution in [0.2, 0.25) is 5.02 Å². The maximum absolute atomic E-state index is 13.5. The van der Waals surface area contributed by atoms with Gasteiger partial charge in [0.2, 0.25) is 0 Å². The minimum Gasteiger partial charge on any atom is -0.340 e. The van der Waals surface area contributed by atoms with Crippen molar-refractivity contribution < 1.29 is 14.0 Å². The van der Waals surface area contributed by atoms with Crippen molar-refractivity contribution in [2.75, 3.05) is 5.32 Å². The Morgan fingerprint density at radius 2 is 1.73 bits per heavy atom. The Bertz CT molecular complexity index is 834. The first-order valence-electron chi connectivity index (χ1n) is 7.55. The van der Waals surface area contributed by atoms with E-state index < -0.39 is 23.7 Å². The van der Waals surface area contributed by atoms with E-state index >= 15 is 0 Å². The molecule has 0 bridgehead atoms. The Morgan fingerprint density at radius 1 is 1.08 bits per heavy atom. The van der Waals surface area contributed by atoms with E-state index in [-0.39, 0.29) is 21.4 Å². The van der Waals surface area contributed by atoms with Crippen LogP contribution in [0.3, 0.4) is 0 Å². The predicted molar refractivity (Wildman–Crippen MR) is 102 cm³/mol. The molecule has 6 nitrogen and oxygen atoms in total. The highest BCUT2D eigenvalue weighted by Crippen LogP contribution is 2.14. The molecule has 136 valence electrons. The third-order valence-electron chi connectivity index (χ3n) is 3.28. The maximum Gasteiger partial charge on any atom is 0.260 e. The number of hydrogen-bond donors (Lipinski definition) is 4. The average molecular weight is 395 g/mol. The zero-order valence-electron chi connectivity index (χ0n) is 13.7. The third kappa shape index (κ3) is 5.40. The lowest BCUT2D eigenvalue weighted by Crippen LogP contribution is -2.52. The Morgan fingerprint density at radius 3 is 2.42 bits per heavy atom. The third-order valence-corrected chi connectivity index (χ3v) is 3.81. The van der Waals surface area contributed by atoms with Gasteiger partial charge in [-0.05, 0) is 43.4 Å². The summed E-state index contributed by atoms with van der Waals surface area (Å²) in [5, 5.41) is 5.40. The molecule has 9 heteroatoms. The molecular formula is C17H16ClFN4O2S. The summed E-state index contributed by atoms with van der Waals surface area (Å²) in [7, 11) is 0. The molecule has 1 atom stereocenters. The van der Waals surface area contributed by atoms with Gasteiger partial charge in [-0.2, -0.15) is 0 Å². The van der Waals surface area contributed by atoms with Crippen LogP contribution in [0.15, 0.2) is 48.5 Å². The number of carbonyl (C=O) groups is 2. The van der Waals surface area contributed by atoms with Crippen LogP contribution < -0.4 is 21.5 Å². The highest BCUT2D eigenvalue weighted by molar-refractivity contribution is 7.80. The first-order chi connectivity index (χ1) is 12.4. The van der Waals surface area contributed by atoms with Crippen LogP contribution in [0, 0.1) is 5.82 Å². The van der Waals surface area contributed by atoms with Gasteiger partial charge >= 0.3 is 0 Å². The number of anilines is 1. The first kappa shape index (κ1) is 19.6. The predicted octanol–water partition coefficient (Wildman–Crippen LogP) is 2.62. The lowest BCUT2D eigenvalue weighted by atomic mass is 10.2. The molecule has 0 spiro atoms. The summed E-state index contributed by atoms with van der Waals surface area (Å²) in [4.78, 5) is 24.2. The molecule has 0 radical (unpaired) electrons. The Hall–Kier alpha value is -2.71. The molecule has 0 unspecified atom stereocenters. The Balaban J connectivity index is 1.83. The van der Waals surface area contributed by atoms with E-state index in [0.29, 0.717) is 0 Å². The van der Waals surface area contributed by atoms with Crippen LogP contribution in [0.4, 0.5) is 10.1 Å². The molecule has 0 saturated carbocycles. The second-order valence-electron chi connectivity index (χ2n) is 5.22. The number of para-hydroxylation sites is 1. The van der Waals surface area contributed by atoms with Gasteiger partial charge in [0.05, 0.1) is 16.3 Å². The lowest BCUT2D eigenvalue weighted by molar-refractivity contribution is -0.123. The van der Waals surface area contributed by atoms with Gasteiger partial charge in [0.25, 0.3) is 11.8 Å². The van der Waals surface area contributed by atoms with Crippen molar-refractivity contribution in [2.45, 2.75) is 13.0 Å². The number of halogens is 2. The molecule has 4 N–H and O–H groups in total. The molecule has 0 heterocycles. The van der Waals surface area contributed by atoms with Crippen molar-refractivity contribution in [3.05, 3.63) is 64.9 Å². The molecule has 0 aliphatic rings. The molecule has 0 aliphatic carbocycles. The van der Waals surface area contributed by atoms with Gasteiger partial charge in [-0.3, -0.25) is 20.4 Å². The fourth-order valence-corrected chi connectivity index (χ4v) is 2.31. The largest absolute Gasteiger partial charge is 0.340 e. The van der Waals surface area contributed by atoms with E-state index in [2.05, 4.69) is 21.5 Å². The van der Waals surface area contributed by atoms with E-state index in [1.807, 2.05) is 0 Å². The second kappa shape index (κ2) is 9.12. The molecule has 2 aromatic rings. The van der Waals surface area contributed by atoms with Crippen molar-refractivity contribution >= 4 is 46.4 Å². The van der Waals surface area contributed by atoms with E-state index in [9.17, 15) is 14.0 Å². The molecular weight excluding hydrogens is 379 g/mol. The molecule has 2 amide bonds. The number of hydrogen-bond acceptors (Lipinski definition) is 3. The topological polar surface area (TPSA) is 82.3 Å². The van der Waals surface area contributed by atoms with Crippen molar-refractivity contribution in [3.8, 4) is 0 Å². The van der Waals surface area contributed by atoms with Crippen molar-refractivity contribution in [3.63, 3.8) is 0 Å². The van der Waals surface area contributed by atoms with E-state index in [1.165, 1.54) is 19.1 Å². The van der Waals surface area contributed by atoms with Crippen LogP contribution in [0.25, 0.3) is 0 Å². The summed E-state index contributed by atoms with van der Waals surface area (Å²) in [6.45, 7) is 1.50. The molecule has 0 saturated heterocycles. The molecule has 2 aromatic carbocycles. The second-order valence-corrected chi connectivity index (χ2v) is 6.04. The van der Waals surface area contributed by atoms with Gasteiger partial charge < -0.3 is 10.6 Å². The summed E-state index contributed by atoms with van der Waals surface area (Å²) >= 11 is 10.9. The van der Waals surface area contributed by atoms with Crippen LogP contribution in [-0.2, 0) is 4.79 Å². The van der Waals surface area contributed by atoms with Crippen molar-refractivity contribution in [2.24, 2.45) is 0 Å². The van der Waals surface area contributed by atoms with Crippen LogP contribution in [-0.4, -0.2) is 23.0 Å². The summed E-state index contributed by atoms with van der Waals surface area (Å²) in [6, 6.07) is 11.6. The van der Waals surface area contributed by atoms with Gasteiger partial charge in [-0.15, -0.1) is 0 Å². The molecule has 0 fully saturated rings. The van der Waals surface area contributed by atoms with Gasteiger partial charge in [-0.25, -0.2) is 4.39 Å². The molecule has 2 rings (SSSR count). The first-order valence-corrected chi connectivity index (χ1v) is 8.34. The standard InChI is InChI=1S/C17H16ClFN4O2S/c1-10(20-16(25)11-6-2-3-7-12(11)18)15(24)22-23-17(26)21-14-9-5-4-8-13(14)19/h2-10H,1H3,(H,20,25)(H,22,24)(H2,21,23,26)/t10-/m0/s1. The quantitative estimate of drug-likeness (QED) is 0.473. The Kier molecular flexibility index (Phi) is 6.88. The van der Waals surface area contributed by atoms with Crippen molar-refractivity contribution in [1.82, 2.24) is 16.2 Å². The number of rotatable bonds is 4. The number of hydrazine groups is 1. The van der Waals surface area contributed by atoms with E-state index in [4.69, 9.17) is 23.8 Å². The van der Waals surface area contributed by atoms with Gasteiger partial charge in [0.1, 0.15) is 11.9 Å². The normalized spacial score (nSPS) is 11.2. The Labute approximate surface area is 160 Å². The average Bonchev–Trinajstić information content (AvgIpc) is 2.61. The number of benzene rings is 2. The maximum atomic E-state index is 13.5. The van der Waals surface area contributed by atoms with Gasteiger partial charge in [-0.1, -0.05) is 35.9 Å². The summed E-state index contributed by atoms with van der Waals surface area (Å²) in [6.07, 6.45) is 0. The SMILES string of the molecule is C[C@H](NC(=O)c1ccccc1Cl)C(=O)NNC(=S)Nc1ccccc1F. The summed E-state index contributed by atoms with van der Waals surface area (Å²) in [5.41, 5.74) is 5.20. The summed E-state index contributed by atoms with van der Waals surface area (Å²) < 4.78 is 13.5. The smallest absolute Gasteiger partial charge is 0.260 e. The van der Waals surface area contributed by atoms with Crippen LogP contribution in [0.1, 0.15) is 17.3 Å². The monoisotopic (exact) mass is 394 g/mol. The zero-order valence-corrected chi connectivity index (χ0v) is 15.2. The number of carbonyl (C=O) groups excluding carboxylic acids is 2. The van der Waals surface area contributed by atoms with Crippen LogP contribution >= 0.6 is 23.8 Å². The highest BCUT2D eigenvalue weighted by atomic mass is 35.5. The van der Waals surface area contributed by atoms with Gasteiger partial charge in [0.15, 0.2) is 5.11 Å². The highest BCUT2D eigenvalue weighted by Gasteiger charge is 2.18. The zero-order chi connectivity index (χ0) is 19.1. The van der Waals surface area contributed by atoms with Crippen molar-refractivity contribution in [1.29, 1.82) is 0 Å². The fourth-order valence-electron chi connectivity index (χ4n) is 1.93. The van der Waals surface area contributed by atoms with E-state index in [0.717, 1.165) is 0 Å². The molecule has 26 heavy (non-hydrogen) atoms. The molecule has 0 aliphatic heterocycles. The van der Waals surface area contributed by atoms with Crippen LogP contribution in [0.5, 0.6) is 0 Å². The lowest BCUT2D eigenvalue weighted by Gasteiger charge is -2.16. The minimum atomic E-state index is -0.859.